The summed E-state index contributed by atoms with van der Waals surface area (Å²) >= 11 is 0. The standard InChI is InChI=1S/C14H28N2O2/c1-4-10(2)13(17)9-15-14(18)16-12-8-6-5-7-11(12)3/h10-13,17H,4-9H2,1-3H3,(H2,15,16,18). The Morgan fingerprint density at radius 2 is 2.06 bits per heavy atom. The van der Waals surface area contributed by atoms with E-state index in [0.29, 0.717) is 18.5 Å². The fourth-order valence-electron chi connectivity index (χ4n) is 2.42. The smallest absolute Gasteiger partial charge is 0.315 e. The largest absolute Gasteiger partial charge is 0.391 e. The van der Waals surface area contributed by atoms with Gasteiger partial charge in [0.1, 0.15) is 0 Å². The number of aliphatic hydroxyl groups is 1. The highest BCUT2D eigenvalue weighted by Gasteiger charge is 2.23. The van der Waals surface area contributed by atoms with Crippen LogP contribution in [0.3, 0.4) is 0 Å². The average Bonchev–Trinajstić information content (AvgIpc) is 2.37. The summed E-state index contributed by atoms with van der Waals surface area (Å²) in [5.41, 5.74) is 0. The third kappa shape index (κ3) is 4.84. The summed E-state index contributed by atoms with van der Waals surface area (Å²) in [6, 6.07) is 0.149. The zero-order chi connectivity index (χ0) is 13.5. The van der Waals surface area contributed by atoms with Crippen LogP contribution in [0, 0.1) is 11.8 Å². The number of rotatable bonds is 5. The number of hydrogen-bond acceptors (Lipinski definition) is 2. The normalized spacial score (nSPS) is 27.3. The van der Waals surface area contributed by atoms with Gasteiger partial charge >= 0.3 is 6.03 Å². The zero-order valence-corrected chi connectivity index (χ0v) is 11.9. The molecule has 0 aromatic heterocycles. The van der Waals surface area contributed by atoms with Crippen LogP contribution in [0.5, 0.6) is 0 Å². The molecule has 0 spiro atoms. The van der Waals surface area contributed by atoms with Gasteiger partial charge in [-0.05, 0) is 24.7 Å². The van der Waals surface area contributed by atoms with E-state index in [9.17, 15) is 9.90 Å². The van der Waals surface area contributed by atoms with Crippen molar-refractivity contribution in [3.05, 3.63) is 0 Å². The molecule has 1 saturated carbocycles. The molecule has 1 aliphatic carbocycles. The molecule has 0 saturated heterocycles. The van der Waals surface area contributed by atoms with Gasteiger partial charge in [-0.2, -0.15) is 0 Å². The quantitative estimate of drug-likeness (QED) is 0.706. The highest BCUT2D eigenvalue weighted by molar-refractivity contribution is 5.74. The van der Waals surface area contributed by atoms with E-state index in [0.717, 1.165) is 12.8 Å². The Labute approximate surface area is 111 Å². The molecule has 0 aromatic carbocycles. The lowest BCUT2D eigenvalue weighted by Gasteiger charge is -2.29. The average molecular weight is 256 g/mol. The molecule has 0 heterocycles. The van der Waals surface area contributed by atoms with Gasteiger partial charge in [0.15, 0.2) is 0 Å². The van der Waals surface area contributed by atoms with Crippen LogP contribution < -0.4 is 10.6 Å². The van der Waals surface area contributed by atoms with Crippen LogP contribution in [0.25, 0.3) is 0 Å². The van der Waals surface area contributed by atoms with Gasteiger partial charge in [-0.1, -0.05) is 40.0 Å². The maximum atomic E-state index is 11.7. The van der Waals surface area contributed by atoms with Crippen molar-refractivity contribution in [3.63, 3.8) is 0 Å². The molecular formula is C14H28N2O2. The second kappa shape index (κ2) is 7.62. The van der Waals surface area contributed by atoms with Gasteiger partial charge in [-0.25, -0.2) is 4.79 Å². The molecule has 4 heteroatoms. The van der Waals surface area contributed by atoms with Gasteiger partial charge in [-0.3, -0.25) is 0 Å². The van der Waals surface area contributed by atoms with E-state index in [1.807, 2.05) is 13.8 Å². The van der Waals surface area contributed by atoms with Gasteiger partial charge in [0.2, 0.25) is 0 Å². The molecule has 4 nitrogen and oxygen atoms in total. The molecular weight excluding hydrogens is 228 g/mol. The third-order valence-electron chi connectivity index (χ3n) is 4.20. The van der Waals surface area contributed by atoms with Crippen molar-refractivity contribution in [2.45, 2.75) is 65.0 Å². The molecule has 1 fully saturated rings. The van der Waals surface area contributed by atoms with Crippen LogP contribution in [0.4, 0.5) is 4.79 Å². The van der Waals surface area contributed by atoms with E-state index in [4.69, 9.17) is 0 Å². The molecule has 3 N–H and O–H groups in total. The van der Waals surface area contributed by atoms with Gasteiger partial charge in [0, 0.05) is 12.6 Å². The van der Waals surface area contributed by atoms with Gasteiger partial charge in [-0.15, -0.1) is 0 Å². The molecule has 0 aromatic rings. The molecule has 0 aliphatic heterocycles. The Balaban J connectivity index is 2.24. The first-order valence-corrected chi connectivity index (χ1v) is 7.27. The second-order valence-electron chi connectivity index (χ2n) is 5.68. The highest BCUT2D eigenvalue weighted by atomic mass is 16.3. The van der Waals surface area contributed by atoms with Crippen molar-refractivity contribution >= 4 is 6.03 Å². The highest BCUT2D eigenvalue weighted by Crippen LogP contribution is 2.23. The van der Waals surface area contributed by atoms with Crippen molar-refractivity contribution in [2.24, 2.45) is 11.8 Å². The van der Waals surface area contributed by atoms with Gasteiger partial charge in [0.05, 0.1) is 6.10 Å². The van der Waals surface area contributed by atoms with Crippen molar-refractivity contribution in [1.29, 1.82) is 0 Å². The van der Waals surface area contributed by atoms with E-state index < -0.39 is 6.10 Å². The van der Waals surface area contributed by atoms with Crippen LogP contribution >= 0.6 is 0 Å². The summed E-state index contributed by atoms with van der Waals surface area (Å²) in [4.78, 5) is 11.7. The van der Waals surface area contributed by atoms with E-state index in [2.05, 4.69) is 17.6 Å². The van der Waals surface area contributed by atoms with E-state index in [-0.39, 0.29) is 11.9 Å². The number of nitrogens with one attached hydrogen (secondary N) is 2. The fourth-order valence-corrected chi connectivity index (χ4v) is 2.42. The molecule has 106 valence electrons. The Morgan fingerprint density at radius 3 is 2.67 bits per heavy atom. The lowest BCUT2D eigenvalue weighted by Crippen LogP contribution is -2.48. The molecule has 2 amide bonds. The van der Waals surface area contributed by atoms with Crippen molar-refractivity contribution in [3.8, 4) is 0 Å². The van der Waals surface area contributed by atoms with E-state index >= 15 is 0 Å². The van der Waals surface area contributed by atoms with Crippen LogP contribution in [0.15, 0.2) is 0 Å². The topological polar surface area (TPSA) is 61.4 Å². The van der Waals surface area contributed by atoms with Crippen LogP contribution in [0.2, 0.25) is 0 Å². The first-order valence-electron chi connectivity index (χ1n) is 7.27. The summed E-state index contributed by atoms with van der Waals surface area (Å²) in [5.74, 6) is 0.780. The number of carbonyl (C=O) groups excluding carboxylic acids is 1. The number of aliphatic hydroxyl groups excluding tert-OH is 1. The molecule has 1 aliphatic rings. The molecule has 4 atom stereocenters. The Morgan fingerprint density at radius 1 is 1.39 bits per heavy atom. The first-order chi connectivity index (χ1) is 8.54. The third-order valence-corrected chi connectivity index (χ3v) is 4.20. The maximum absolute atomic E-state index is 11.7. The number of carbonyl (C=O) groups is 1. The van der Waals surface area contributed by atoms with E-state index in [1.165, 1.54) is 19.3 Å². The predicted octanol–water partition coefficient (Wildman–Crippen LogP) is 2.27. The Kier molecular flexibility index (Phi) is 6.47. The first kappa shape index (κ1) is 15.3. The van der Waals surface area contributed by atoms with Gasteiger partial charge < -0.3 is 15.7 Å². The van der Waals surface area contributed by atoms with Crippen molar-refractivity contribution in [1.82, 2.24) is 10.6 Å². The van der Waals surface area contributed by atoms with Gasteiger partial charge in [0.25, 0.3) is 0 Å². The summed E-state index contributed by atoms with van der Waals surface area (Å²) in [6.45, 7) is 6.56. The SMILES string of the molecule is CCC(C)C(O)CNC(=O)NC1CCCCC1C. The molecule has 0 bridgehead atoms. The molecule has 1 rings (SSSR count). The fraction of sp³-hybridized carbons (Fsp3) is 0.929. The number of amides is 2. The zero-order valence-electron chi connectivity index (χ0n) is 11.9. The number of urea groups is 1. The molecule has 0 radical (unpaired) electrons. The summed E-state index contributed by atoms with van der Waals surface area (Å²) in [5, 5.41) is 15.6. The summed E-state index contributed by atoms with van der Waals surface area (Å²) in [6.07, 6.45) is 5.20. The lowest BCUT2D eigenvalue weighted by atomic mass is 9.86. The maximum Gasteiger partial charge on any atom is 0.315 e. The summed E-state index contributed by atoms with van der Waals surface area (Å²) < 4.78 is 0. The Hall–Kier alpha value is -0.770. The minimum absolute atomic E-state index is 0.142. The second-order valence-corrected chi connectivity index (χ2v) is 5.68. The Bertz CT molecular complexity index is 258. The minimum Gasteiger partial charge on any atom is -0.391 e. The predicted molar refractivity (Wildman–Crippen MR) is 73.4 cm³/mol. The van der Waals surface area contributed by atoms with Crippen LogP contribution in [-0.4, -0.2) is 29.8 Å². The van der Waals surface area contributed by atoms with Crippen LogP contribution in [0.1, 0.15) is 52.9 Å². The monoisotopic (exact) mass is 256 g/mol. The van der Waals surface area contributed by atoms with Crippen molar-refractivity contribution in [2.75, 3.05) is 6.54 Å². The van der Waals surface area contributed by atoms with Crippen LogP contribution in [-0.2, 0) is 0 Å². The van der Waals surface area contributed by atoms with E-state index in [1.54, 1.807) is 0 Å². The molecule has 18 heavy (non-hydrogen) atoms. The minimum atomic E-state index is -0.454. The number of hydrogen-bond donors (Lipinski definition) is 3. The summed E-state index contributed by atoms with van der Waals surface area (Å²) in [7, 11) is 0. The molecule has 4 unspecified atom stereocenters. The van der Waals surface area contributed by atoms with Crippen molar-refractivity contribution < 1.29 is 9.90 Å². The lowest BCUT2D eigenvalue weighted by molar-refractivity contribution is 0.114.